The molecule has 0 aromatic heterocycles. The lowest BCUT2D eigenvalue weighted by Crippen LogP contribution is -2.49. The Balaban J connectivity index is 1.42. The third kappa shape index (κ3) is 5.81. The fraction of sp³-hybridized carbons (Fsp3) is 0.318. The predicted molar refractivity (Wildman–Crippen MR) is 113 cm³/mol. The Morgan fingerprint density at radius 3 is 2.34 bits per heavy atom. The second-order valence-electron chi connectivity index (χ2n) is 6.97. The molecule has 0 spiro atoms. The Morgan fingerprint density at radius 1 is 0.931 bits per heavy atom. The van der Waals surface area contributed by atoms with Crippen molar-refractivity contribution in [3.63, 3.8) is 0 Å². The highest BCUT2D eigenvalue weighted by molar-refractivity contribution is 5.97. The van der Waals surface area contributed by atoms with E-state index in [4.69, 9.17) is 0 Å². The third-order valence-corrected chi connectivity index (χ3v) is 4.82. The van der Waals surface area contributed by atoms with Crippen LogP contribution in [0.1, 0.15) is 23.7 Å². The lowest BCUT2D eigenvalue weighted by atomic mass is 10.2. The number of nitrogens with one attached hydrogen (secondary N) is 2. The summed E-state index contributed by atoms with van der Waals surface area (Å²) in [7, 11) is 0. The van der Waals surface area contributed by atoms with Gasteiger partial charge in [-0.25, -0.2) is 0 Å². The molecule has 7 heteroatoms. The average Bonchev–Trinajstić information content (AvgIpc) is 2.74. The number of piperazine rings is 1. The van der Waals surface area contributed by atoms with Crippen LogP contribution in [0, 0.1) is 0 Å². The van der Waals surface area contributed by atoms with E-state index in [1.165, 1.54) is 12.6 Å². The van der Waals surface area contributed by atoms with Crippen molar-refractivity contribution in [2.75, 3.05) is 42.9 Å². The molecule has 0 aliphatic carbocycles. The molecule has 29 heavy (non-hydrogen) atoms. The molecule has 2 aromatic rings. The van der Waals surface area contributed by atoms with Gasteiger partial charge in [0, 0.05) is 63.0 Å². The molecular formula is C22H26N4O3. The minimum Gasteiger partial charge on any atom is -0.368 e. The molecule has 2 N–H and O–H groups in total. The zero-order chi connectivity index (χ0) is 20.6. The molecule has 0 bridgehead atoms. The molecule has 1 fully saturated rings. The number of para-hydroxylation sites is 1. The molecule has 2 aromatic carbocycles. The van der Waals surface area contributed by atoms with E-state index in [2.05, 4.69) is 27.7 Å². The standard InChI is InChI=1S/C22H26N4O3/c1-17(27)24-19-7-5-6-18(16-19)22(29)23-11-10-21(28)26-14-12-25(13-15-26)20-8-3-2-4-9-20/h2-9,16H,10-15H2,1H3,(H,23,29)(H,24,27). The van der Waals surface area contributed by atoms with E-state index in [1.54, 1.807) is 24.3 Å². The van der Waals surface area contributed by atoms with Crippen molar-refractivity contribution in [1.29, 1.82) is 0 Å². The van der Waals surface area contributed by atoms with Gasteiger partial charge in [0.05, 0.1) is 0 Å². The first-order valence-electron chi connectivity index (χ1n) is 9.76. The number of rotatable bonds is 6. The quantitative estimate of drug-likeness (QED) is 0.786. The van der Waals surface area contributed by atoms with Crippen LogP contribution in [-0.4, -0.2) is 55.3 Å². The topological polar surface area (TPSA) is 81.8 Å². The van der Waals surface area contributed by atoms with E-state index in [-0.39, 0.29) is 30.7 Å². The molecule has 3 amide bonds. The van der Waals surface area contributed by atoms with Crippen LogP contribution in [0.15, 0.2) is 54.6 Å². The normalized spacial score (nSPS) is 13.7. The number of carbonyl (C=O) groups excluding carboxylic acids is 3. The van der Waals surface area contributed by atoms with Gasteiger partial charge in [0.25, 0.3) is 5.91 Å². The first-order valence-corrected chi connectivity index (χ1v) is 9.76. The number of amides is 3. The fourth-order valence-electron chi connectivity index (χ4n) is 3.34. The minimum absolute atomic E-state index is 0.0463. The van der Waals surface area contributed by atoms with Crippen LogP contribution in [0.25, 0.3) is 0 Å². The summed E-state index contributed by atoms with van der Waals surface area (Å²) in [6.45, 7) is 4.66. The monoisotopic (exact) mass is 394 g/mol. The van der Waals surface area contributed by atoms with Gasteiger partial charge in [-0.1, -0.05) is 24.3 Å². The smallest absolute Gasteiger partial charge is 0.251 e. The Morgan fingerprint density at radius 2 is 1.66 bits per heavy atom. The summed E-state index contributed by atoms with van der Waals surface area (Å²) in [5.74, 6) is -0.413. The molecule has 1 aliphatic rings. The van der Waals surface area contributed by atoms with Gasteiger partial charge in [-0.2, -0.15) is 0 Å². The molecule has 3 rings (SSSR count). The molecule has 1 aliphatic heterocycles. The number of hydrogen-bond donors (Lipinski definition) is 2. The maximum absolute atomic E-state index is 12.4. The summed E-state index contributed by atoms with van der Waals surface area (Å²) < 4.78 is 0. The van der Waals surface area contributed by atoms with E-state index in [0.29, 0.717) is 24.3 Å². The lowest BCUT2D eigenvalue weighted by Gasteiger charge is -2.36. The molecule has 7 nitrogen and oxygen atoms in total. The van der Waals surface area contributed by atoms with E-state index >= 15 is 0 Å². The van der Waals surface area contributed by atoms with Gasteiger partial charge < -0.3 is 20.4 Å². The maximum Gasteiger partial charge on any atom is 0.251 e. The summed E-state index contributed by atoms with van der Waals surface area (Å²) in [6, 6.07) is 16.9. The highest BCUT2D eigenvalue weighted by Crippen LogP contribution is 2.16. The van der Waals surface area contributed by atoms with E-state index in [9.17, 15) is 14.4 Å². The Hall–Kier alpha value is -3.35. The summed E-state index contributed by atoms with van der Waals surface area (Å²) in [6.07, 6.45) is 0.266. The van der Waals surface area contributed by atoms with Gasteiger partial charge in [-0.15, -0.1) is 0 Å². The van der Waals surface area contributed by atoms with Crippen LogP contribution in [0.4, 0.5) is 11.4 Å². The Labute approximate surface area is 170 Å². The first-order chi connectivity index (χ1) is 14.0. The largest absolute Gasteiger partial charge is 0.368 e. The van der Waals surface area contributed by atoms with Crippen LogP contribution < -0.4 is 15.5 Å². The summed E-state index contributed by atoms with van der Waals surface area (Å²) >= 11 is 0. The van der Waals surface area contributed by atoms with Crippen molar-refractivity contribution in [2.24, 2.45) is 0 Å². The van der Waals surface area contributed by atoms with E-state index in [0.717, 1.165) is 13.1 Å². The zero-order valence-electron chi connectivity index (χ0n) is 16.6. The number of hydrogen-bond acceptors (Lipinski definition) is 4. The van der Waals surface area contributed by atoms with Crippen molar-refractivity contribution in [3.05, 3.63) is 60.2 Å². The molecule has 0 radical (unpaired) electrons. The van der Waals surface area contributed by atoms with Crippen molar-refractivity contribution < 1.29 is 14.4 Å². The van der Waals surface area contributed by atoms with Gasteiger partial charge >= 0.3 is 0 Å². The van der Waals surface area contributed by atoms with Crippen LogP contribution in [0.2, 0.25) is 0 Å². The van der Waals surface area contributed by atoms with Crippen LogP contribution in [-0.2, 0) is 9.59 Å². The van der Waals surface area contributed by atoms with Gasteiger partial charge in [0.1, 0.15) is 0 Å². The summed E-state index contributed by atoms with van der Waals surface area (Å²) in [4.78, 5) is 40.0. The van der Waals surface area contributed by atoms with Crippen LogP contribution in [0.5, 0.6) is 0 Å². The molecular weight excluding hydrogens is 368 g/mol. The molecule has 0 atom stereocenters. The number of benzene rings is 2. The lowest BCUT2D eigenvalue weighted by molar-refractivity contribution is -0.131. The summed E-state index contributed by atoms with van der Waals surface area (Å²) in [5.41, 5.74) is 2.19. The SMILES string of the molecule is CC(=O)Nc1cccc(C(=O)NCCC(=O)N2CCN(c3ccccc3)CC2)c1. The molecule has 152 valence electrons. The van der Waals surface area contributed by atoms with Gasteiger partial charge in [0.15, 0.2) is 0 Å². The number of anilines is 2. The molecule has 1 saturated heterocycles. The second kappa shape index (κ2) is 9.73. The van der Waals surface area contributed by atoms with Crippen molar-refractivity contribution >= 4 is 29.1 Å². The third-order valence-electron chi connectivity index (χ3n) is 4.82. The van der Waals surface area contributed by atoms with Crippen LogP contribution in [0.3, 0.4) is 0 Å². The highest BCUT2D eigenvalue weighted by Gasteiger charge is 2.21. The van der Waals surface area contributed by atoms with Crippen molar-refractivity contribution in [1.82, 2.24) is 10.2 Å². The second-order valence-corrected chi connectivity index (χ2v) is 6.97. The zero-order valence-corrected chi connectivity index (χ0v) is 16.6. The van der Waals surface area contributed by atoms with Gasteiger partial charge in [-0.3, -0.25) is 14.4 Å². The average molecular weight is 394 g/mol. The minimum atomic E-state index is -0.265. The van der Waals surface area contributed by atoms with Crippen molar-refractivity contribution in [2.45, 2.75) is 13.3 Å². The van der Waals surface area contributed by atoms with E-state index in [1.807, 2.05) is 23.1 Å². The van der Waals surface area contributed by atoms with E-state index < -0.39 is 0 Å². The van der Waals surface area contributed by atoms with Gasteiger partial charge in [0.2, 0.25) is 11.8 Å². The maximum atomic E-state index is 12.4. The highest BCUT2D eigenvalue weighted by atomic mass is 16.2. The molecule has 0 saturated carbocycles. The summed E-state index contributed by atoms with van der Waals surface area (Å²) in [5, 5.41) is 5.42. The number of nitrogens with zero attached hydrogens (tertiary/aromatic N) is 2. The predicted octanol–water partition coefficient (Wildman–Crippen LogP) is 2.11. The number of carbonyl (C=O) groups is 3. The fourth-order valence-corrected chi connectivity index (χ4v) is 3.34. The molecule has 1 heterocycles. The Bertz CT molecular complexity index is 861. The Kier molecular flexibility index (Phi) is 6.84. The van der Waals surface area contributed by atoms with Crippen molar-refractivity contribution in [3.8, 4) is 0 Å². The van der Waals surface area contributed by atoms with Gasteiger partial charge in [-0.05, 0) is 30.3 Å². The first kappa shape index (κ1) is 20.4. The molecule has 0 unspecified atom stereocenters. The van der Waals surface area contributed by atoms with Crippen LogP contribution >= 0.6 is 0 Å².